The summed E-state index contributed by atoms with van der Waals surface area (Å²) in [7, 11) is 1.49. The van der Waals surface area contributed by atoms with Gasteiger partial charge in [-0.2, -0.15) is 0 Å². The lowest BCUT2D eigenvalue weighted by molar-refractivity contribution is 0.0693. The number of carbonyl (C=O) groups is 1. The summed E-state index contributed by atoms with van der Waals surface area (Å²) in [5, 5.41) is 12.4. The number of fused-ring (bicyclic) bond motifs is 1. The van der Waals surface area contributed by atoms with Crippen molar-refractivity contribution in [3.8, 4) is 5.75 Å². The second-order valence-corrected chi connectivity index (χ2v) is 4.11. The predicted octanol–water partition coefficient (Wildman–Crippen LogP) is 1.43. The van der Waals surface area contributed by atoms with E-state index in [1.54, 1.807) is 6.07 Å². The number of carboxylic acid groups (broad SMARTS) is 1. The molecule has 0 fully saturated rings. The van der Waals surface area contributed by atoms with Crippen molar-refractivity contribution in [1.82, 2.24) is 5.32 Å². The molecule has 1 aromatic rings. The summed E-state index contributed by atoms with van der Waals surface area (Å²) >= 11 is 0. The molecule has 4 heteroatoms. The molecule has 0 aliphatic carbocycles. The molecule has 86 valence electrons. The maximum Gasteiger partial charge on any atom is 0.339 e. The molecular weight excluding hydrogens is 206 g/mol. The number of ether oxygens (including phenoxy) is 1. The molecule has 0 aromatic heterocycles. The van der Waals surface area contributed by atoms with Crippen molar-refractivity contribution in [3.05, 3.63) is 28.8 Å². The van der Waals surface area contributed by atoms with Crippen LogP contribution in [-0.2, 0) is 13.0 Å². The summed E-state index contributed by atoms with van der Waals surface area (Å²) in [5.74, 6) is -0.506. The monoisotopic (exact) mass is 221 g/mol. The van der Waals surface area contributed by atoms with Gasteiger partial charge < -0.3 is 15.2 Å². The number of methoxy groups -OCH3 is 1. The average molecular weight is 221 g/mol. The van der Waals surface area contributed by atoms with E-state index in [-0.39, 0.29) is 5.56 Å². The summed E-state index contributed by atoms with van der Waals surface area (Å²) in [5.41, 5.74) is 2.47. The Morgan fingerprint density at radius 3 is 2.88 bits per heavy atom. The van der Waals surface area contributed by atoms with Crippen molar-refractivity contribution in [3.63, 3.8) is 0 Å². The molecule has 1 aromatic carbocycles. The number of rotatable bonds is 2. The molecular formula is C12H15NO3. The van der Waals surface area contributed by atoms with Crippen molar-refractivity contribution in [2.24, 2.45) is 0 Å². The van der Waals surface area contributed by atoms with Crippen molar-refractivity contribution in [2.45, 2.75) is 25.9 Å². The van der Waals surface area contributed by atoms with E-state index in [4.69, 9.17) is 9.84 Å². The molecule has 0 radical (unpaired) electrons. The first-order chi connectivity index (χ1) is 7.61. The van der Waals surface area contributed by atoms with Gasteiger partial charge >= 0.3 is 5.97 Å². The minimum Gasteiger partial charge on any atom is -0.496 e. The van der Waals surface area contributed by atoms with E-state index in [1.807, 2.05) is 6.07 Å². The van der Waals surface area contributed by atoms with Crippen LogP contribution in [0.4, 0.5) is 0 Å². The summed E-state index contributed by atoms with van der Waals surface area (Å²) in [6.07, 6.45) is 0.861. The van der Waals surface area contributed by atoms with Crippen molar-refractivity contribution >= 4 is 5.97 Å². The molecule has 1 unspecified atom stereocenters. The molecule has 16 heavy (non-hydrogen) atoms. The molecule has 0 bridgehead atoms. The quantitative estimate of drug-likeness (QED) is 0.793. The average Bonchev–Trinajstić information content (AvgIpc) is 2.27. The lowest BCUT2D eigenvalue weighted by Gasteiger charge is -2.24. The van der Waals surface area contributed by atoms with Gasteiger partial charge in [0.2, 0.25) is 0 Å². The minimum atomic E-state index is -0.939. The highest BCUT2D eigenvalue weighted by atomic mass is 16.5. The van der Waals surface area contributed by atoms with Crippen LogP contribution in [-0.4, -0.2) is 24.2 Å². The zero-order chi connectivity index (χ0) is 11.7. The molecule has 1 aliphatic heterocycles. The van der Waals surface area contributed by atoms with Gasteiger partial charge in [0.15, 0.2) is 0 Å². The third-order valence-electron chi connectivity index (χ3n) is 2.92. The van der Waals surface area contributed by atoms with Crippen LogP contribution in [0.2, 0.25) is 0 Å². The smallest absolute Gasteiger partial charge is 0.339 e. The normalized spacial score (nSPS) is 19.0. The molecule has 2 rings (SSSR count). The van der Waals surface area contributed by atoms with E-state index in [9.17, 15) is 4.79 Å². The third-order valence-corrected chi connectivity index (χ3v) is 2.92. The van der Waals surface area contributed by atoms with Gasteiger partial charge in [-0.15, -0.1) is 0 Å². The highest BCUT2D eigenvalue weighted by molar-refractivity contribution is 5.91. The van der Waals surface area contributed by atoms with Crippen molar-refractivity contribution in [1.29, 1.82) is 0 Å². The lowest BCUT2D eigenvalue weighted by Crippen LogP contribution is -2.33. The van der Waals surface area contributed by atoms with Crippen LogP contribution >= 0.6 is 0 Å². The molecule has 0 saturated heterocycles. The van der Waals surface area contributed by atoms with E-state index in [1.165, 1.54) is 7.11 Å². The van der Waals surface area contributed by atoms with Gasteiger partial charge in [-0.05, 0) is 36.6 Å². The van der Waals surface area contributed by atoms with Gasteiger partial charge in [0.25, 0.3) is 0 Å². The zero-order valence-corrected chi connectivity index (χ0v) is 9.41. The van der Waals surface area contributed by atoms with Crippen LogP contribution < -0.4 is 10.1 Å². The zero-order valence-electron chi connectivity index (χ0n) is 9.41. The van der Waals surface area contributed by atoms with Gasteiger partial charge in [0.05, 0.1) is 7.11 Å². The van der Waals surface area contributed by atoms with Crippen molar-refractivity contribution in [2.75, 3.05) is 7.11 Å². The summed E-state index contributed by atoms with van der Waals surface area (Å²) < 4.78 is 5.09. The molecule has 2 N–H and O–H groups in total. The first-order valence-corrected chi connectivity index (χ1v) is 5.28. The first kappa shape index (κ1) is 11.0. The fourth-order valence-electron chi connectivity index (χ4n) is 2.04. The third kappa shape index (κ3) is 1.88. The SMILES string of the molecule is COc1cc2c(cc1C(=O)O)CC(C)NC2. The van der Waals surface area contributed by atoms with Gasteiger partial charge in [0.1, 0.15) is 11.3 Å². The predicted molar refractivity (Wildman–Crippen MR) is 60.0 cm³/mol. The number of hydrogen-bond donors (Lipinski definition) is 2. The Hall–Kier alpha value is -1.55. The summed E-state index contributed by atoms with van der Waals surface area (Å²) in [6.45, 7) is 2.86. The second kappa shape index (κ2) is 4.14. The molecule has 0 amide bonds. The Labute approximate surface area is 94.2 Å². The molecule has 4 nitrogen and oxygen atoms in total. The van der Waals surface area contributed by atoms with Gasteiger partial charge in [-0.1, -0.05) is 0 Å². The van der Waals surface area contributed by atoms with E-state index < -0.39 is 5.97 Å². The van der Waals surface area contributed by atoms with Crippen LogP contribution in [0.5, 0.6) is 5.75 Å². The van der Waals surface area contributed by atoms with Gasteiger partial charge in [-0.25, -0.2) is 4.79 Å². The maximum atomic E-state index is 11.1. The topological polar surface area (TPSA) is 58.6 Å². The van der Waals surface area contributed by atoms with Crippen LogP contribution in [0.3, 0.4) is 0 Å². The molecule has 1 aliphatic rings. The number of hydrogen-bond acceptors (Lipinski definition) is 3. The molecule has 1 atom stereocenters. The Balaban J connectivity index is 2.48. The molecule has 0 spiro atoms. The highest BCUT2D eigenvalue weighted by Gasteiger charge is 2.19. The lowest BCUT2D eigenvalue weighted by atomic mass is 9.94. The van der Waals surface area contributed by atoms with E-state index in [0.29, 0.717) is 11.8 Å². The number of aromatic carboxylic acids is 1. The Morgan fingerprint density at radius 2 is 2.25 bits per heavy atom. The maximum absolute atomic E-state index is 11.1. The standard InChI is InChI=1S/C12H15NO3/c1-7-3-8-4-10(12(14)15)11(16-2)5-9(8)6-13-7/h4-5,7,13H,3,6H2,1-2H3,(H,14,15). The van der Waals surface area contributed by atoms with Crippen LogP contribution in [0.1, 0.15) is 28.4 Å². The first-order valence-electron chi connectivity index (χ1n) is 5.28. The van der Waals surface area contributed by atoms with Crippen LogP contribution in [0.25, 0.3) is 0 Å². The van der Waals surface area contributed by atoms with Crippen LogP contribution in [0.15, 0.2) is 12.1 Å². The second-order valence-electron chi connectivity index (χ2n) is 4.11. The number of benzene rings is 1. The van der Waals surface area contributed by atoms with Crippen molar-refractivity contribution < 1.29 is 14.6 Å². The van der Waals surface area contributed by atoms with E-state index in [2.05, 4.69) is 12.2 Å². The molecule has 1 heterocycles. The fourth-order valence-corrected chi connectivity index (χ4v) is 2.04. The largest absolute Gasteiger partial charge is 0.496 e. The Morgan fingerprint density at radius 1 is 1.50 bits per heavy atom. The summed E-state index contributed by atoms with van der Waals surface area (Å²) in [6, 6.07) is 3.94. The fraction of sp³-hybridized carbons (Fsp3) is 0.417. The van der Waals surface area contributed by atoms with Gasteiger partial charge in [0, 0.05) is 12.6 Å². The highest BCUT2D eigenvalue weighted by Crippen LogP contribution is 2.26. The van der Waals surface area contributed by atoms with E-state index >= 15 is 0 Å². The number of nitrogens with one attached hydrogen (secondary N) is 1. The molecule has 0 saturated carbocycles. The Bertz CT molecular complexity index is 429. The van der Waals surface area contributed by atoms with Gasteiger partial charge in [-0.3, -0.25) is 0 Å². The minimum absolute atomic E-state index is 0.246. The Kier molecular flexibility index (Phi) is 2.83. The van der Waals surface area contributed by atoms with Crippen LogP contribution in [0, 0.1) is 0 Å². The summed E-state index contributed by atoms with van der Waals surface area (Å²) in [4.78, 5) is 11.1. The van der Waals surface area contributed by atoms with E-state index in [0.717, 1.165) is 24.1 Å². The number of carboxylic acids is 1.